The number of anilines is 1. The van der Waals surface area contributed by atoms with Crippen molar-refractivity contribution >= 4 is 17.5 Å². The number of hydrogen-bond acceptors (Lipinski definition) is 2. The van der Waals surface area contributed by atoms with E-state index < -0.39 is 0 Å². The van der Waals surface area contributed by atoms with Gasteiger partial charge in [0.2, 0.25) is 5.91 Å². The van der Waals surface area contributed by atoms with Crippen LogP contribution in [0.25, 0.3) is 0 Å². The van der Waals surface area contributed by atoms with E-state index in [1.807, 2.05) is 13.0 Å². The lowest BCUT2D eigenvalue weighted by Gasteiger charge is -2.19. The zero-order valence-electron chi connectivity index (χ0n) is 14.2. The fraction of sp³-hybridized carbons (Fsp3) is 0.579. The highest BCUT2D eigenvalue weighted by Gasteiger charge is 2.24. The van der Waals surface area contributed by atoms with Crippen molar-refractivity contribution in [1.29, 1.82) is 0 Å². The van der Waals surface area contributed by atoms with E-state index in [0.717, 1.165) is 12.8 Å². The molecule has 1 aliphatic carbocycles. The molecular formula is C19H28N2O2. The Bertz CT molecular complexity index is 536. The molecule has 4 nitrogen and oxygen atoms in total. The van der Waals surface area contributed by atoms with Gasteiger partial charge in [-0.2, -0.15) is 0 Å². The second-order valence-electron chi connectivity index (χ2n) is 6.42. The smallest absolute Gasteiger partial charge is 0.251 e. The highest BCUT2D eigenvalue weighted by atomic mass is 16.2. The Balaban J connectivity index is 1.97. The SMILES string of the molecule is CCNC(=O)c1cccc(NC(=O)C(CC)CC2CCCC2)c1. The number of carbonyl (C=O) groups excluding carboxylic acids is 2. The average molecular weight is 316 g/mol. The summed E-state index contributed by atoms with van der Waals surface area (Å²) in [5.41, 5.74) is 1.28. The van der Waals surface area contributed by atoms with Crippen LogP contribution >= 0.6 is 0 Å². The average Bonchev–Trinajstić information content (AvgIpc) is 3.06. The van der Waals surface area contributed by atoms with Gasteiger partial charge in [-0.25, -0.2) is 0 Å². The fourth-order valence-corrected chi connectivity index (χ4v) is 3.35. The molecule has 2 N–H and O–H groups in total. The minimum absolute atomic E-state index is 0.0613. The first kappa shape index (κ1) is 17.5. The molecule has 2 rings (SSSR count). The van der Waals surface area contributed by atoms with Crippen LogP contribution in [0.1, 0.15) is 62.7 Å². The molecule has 0 bridgehead atoms. The van der Waals surface area contributed by atoms with Crippen molar-refractivity contribution in [2.45, 2.75) is 52.4 Å². The topological polar surface area (TPSA) is 58.2 Å². The van der Waals surface area contributed by atoms with Gasteiger partial charge in [0.05, 0.1) is 0 Å². The van der Waals surface area contributed by atoms with Crippen molar-refractivity contribution in [3.05, 3.63) is 29.8 Å². The van der Waals surface area contributed by atoms with E-state index in [0.29, 0.717) is 23.7 Å². The number of carbonyl (C=O) groups is 2. The van der Waals surface area contributed by atoms with Crippen molar-refractivity contribution in [3.8, 4) is 0 Å². The third-order valence-corrected chi connectivity index (χ3v) is 4.69. The molecule has 2 amide bonds. The molecule has 0 radical (unpaired) electrons. The maximum Gasteiger partial charge on any atom is 0.251 e. The van der Waals surface area contributed by atoms with E-state index in [2.05, 4.69) is 17.6 Å². The largest absolute Gasteiger partial charge is 0.352 e. The van der Waals surface area contributed by atoms with Gasteiger partial charge in [-0.1, -0.05) is 38.7 Å². The second-order valence-corrected chi connectivity index (χ2v) is 6.42. The van der Waals surface area contributed by atoms with Gasteiger partial charge in [-0.05, 0) is 43.9 Å². The third kappa shape index (κ3) is 5.08. The van der Waals surface area contributed by atoms with E-state index in [4.69, 9.17) is 0 Å². The fourth-order valence-electron chi connectivity index (χ4n) is 3.35. The summed E-state index contributed by atoms with van der Waals surface area (Å²) in [5.74, 6) is 0.729. The van der Waals surface area contributed by atoms with Crippen LogP contribution in [0, 0.1) is 11.8 Å². The lowest BCUT2D eigenvalue weighted by molar-refractivity contribution is -0.120. The van der Waals surface area contributed by atoms with Gasteiger partial charge in [0, 0.05) is 23.7 Å². The van der Waals surface area contributed by atoms with Crippen LogP contribution in [0.2, 0.25) is 0 Å². The van der Waals surface area contributed by atoms with Gasteiger partial charge in [-0.3, -0.25) is 9.59 Å². The quantitative estimate of drug-likeness (QED) is 0.799. The van der Waals surface area contributed by atoms with Crippen LogP contribution in [0.15, 0.2) is 24.3 Å². The predicted molar refractivity (Wildman–Crippen MR) is 93.4 cm³/mol. The summed E-state index contributed by atoms with van der Waals surface area (Å²) in [6.07, 6.45) is 6.97. The summed E-state index contributed by atoms with van der Waals surface area (Å²) in [6, 6.07) is 7.14. The van der Waals surface area contributed by atoms with Gasteiger partial charge in [-0.15, -0.1) is 0 Å². The zero-order valence-corrected chi connectivity index (χ0v) is 14.2. The molecule has 0 aliphatic heterocycles. The minimum atomic E-state index is -0.110. The van der Waals surface area contributed by atoms with Crippen molar-refractivity contribution in [2.75, 3.05) is 11.9 Å². The molecule has 0 aromatic heterocycles. The molecule has 0 spiro atoms. The number of benzene rings is 1. The molecule has 23 heavy (non-hydrogen) atoms. The van der Waals surface area contributed by atoms with Crippen LogP contribution < -0.4 is 10.6 Å². The number of amides is 2. The Morgan fingerprint density at radius 1 is 1.22 bits per heavy atom. The summed E-state index contributed by atoms with van der Waals surface area (Å²) in [6.45, 7) is 4.55. The Morgan fingerprint density at radius 3 is 2.61 bits per heavy atom. The first-order chi connectivity index (χ1) is 11.1. The van der Waals surface area contributed by atoms with Crippen LogP contribution in [0.3, 0.4) is 0 Å². The van der Waals surface area contributed by atoms with E-state index in [1.165, 1.54) is 25.7 Å². The molecule has 1 unspecified atom stereocenters. The monoisotopic (exact) mass is 316 g/mol. The van der Waals surface area contributed by atoms with Crippen molar-refractivity contribution in [1.82, 2.24) is 5.32 Å². The third-order valence-electron chi connectivity index (χ3n) is 4.69. The van der Waals surface area contributed by atoms with Gasteiger partial charge >= 0.3 is 0 Å². The van der Waals surface area contributed by atoms with E-state index in [-0.39, 0.29) is 17.7 Å². The maximum absolute atomic E-state index is 12.5. The van der Waals surface area contributed by atoms with Gasteiger partial charge in [0.15, 0.2) is 0 Å². The first-order valence-corrected chi connectivity index (χ1v) is 8.83. The summed E-state index contributed by atoms with van der Waals surface area (Å²) >= 11 is 0. The van der Waals surface area contributed by atoms with E-state index in [9.17, 15) is 9.59 Å². The van der Waals surface area contributed by atoms with Crippen molar-refractivity contribution in [2.24, 2.45) is 11.8 Å². The Labute approximate surface area is 139 Å². The Morgan fingerprint density at radius 2 is 1.96 bits per heavy atom. The van der Waals surface area contributed by atoms with Crippen molar-refractivity contribution in [3.63, 3.8) is 0 Å². The van der Waals surface area contributed by atoms with Crippen LogP contribution in [-0.2, 0) is 4.79 Å². The molecule has 0 heterocycles. The lowest BCUT2D eigenvalue weighted by Crippen LogP contribution is -2.25. The molecule has 1 aromatic carbocycles. The molecule has 0 saturated heterocycles. The van der Waals surface area contributed by atoms with E-state index >= 15 is 0 Å². The van der Waals surface area contributed by atoms with E-state index in [1.54, 1.807) is 18.2 Å². The zero-order chi connectivity index (χ0) is 16.7. The number of rotatable bonds is 7. The molecule has 4 heteroatoms. The second kappa shape index (κ2) is 8.70. The number of hydrogen-bond donors (Lipinski definition) is 2. The molecule has 1 fully saturated rings. The Kier molecular flexibility index (Phi) is 6.63. The predicted octanol–water partition coefficient (Wildman–Crippen LogP) is 3.98. The lowest BCUT2D eigenvalue weighted by atomic mass is 9.90. The molecular weight excluding hydrogens is 288 g/mol. The molecule has 1 saturated carbocycles. The van der Waals surface area contributed by atoms with Crippen molar-refractivity contribution < 1.29 is 9.59 Å². The normalized spacial score (nSPS) is 16.1. The summed E-state index contributed by atoms with van der Waals surface area (Å²) in [4.78, 5) is 24.4. The minimum Gasteiger partial charge on any atom is -0.352 e. The van der Waals surface area contributed by atoms with Gasteiger partial charge in [0.1, 0.15) is 0 Å². The van der Waals surface area contributed by atoms with Crippen LogP contribution in [-0.4, -0.2) is 18.4 Å². The summed E-state index contributed by atoms with van der Waals surface area (Å²) < 4.78 is 0. The molecule has 1 atom stereocenters. The summed E-state index contributed by atoms with van der Waals surface area (Å²) in [7, 11) is 0. The number of nitrogens with one attached hydrogen (secondary N) is 2. The van der Waals surface area contributed by atoms with Crippen LogP contribution in [0.5, 0.6) is 0 Å². The summed E-state index contributed by atoms with van der Waals surface area (Å²) in [5, 5.41) is 5.76. The first-order valence-electron chi connectivity index (χ1n) is 8.83. The standard InChI is InChI=1S/C19H28N2O2/c1-3-15(12-14-8-5-6-9-14)19(23)21-17-11-7-10-16(13-17)18(22)20-4-2/h7,10-11,13-15H,3-6,8-9,12H2,1-2H3,(H,20,22)(H,21,23). The van der Waals surface area contributed by atoms with Gasteiger partial charge < -0.3 is 10.6 Å². The van der Waals surface area contributed by atoms with Gasteiger partial charge in [0.25, 0.3) is 5.91 Å². The highest BCUT2D eigenvalue weighted by Crippen LogP contribution is 2.31. The molecule has 126 valence electrons. The maximum atomic E-state index is 12.5. The Hall–Kier alpha value is -1.84. The highest BCUT2D eigenvalue weighted by molar-refractivity contribution is 5.97. The van der Waals surface area contributed by atoms with Crippen LogP contribution in [0.4, 0.5) is 5.69 Å². The molecule has 1 aliphatic rings. The molecule has 1 aromatic rings.